The van der Waals surface area contributed by atoms with Gasteiger partial charge in [0.05, 0.1) is 11.3 Å². The second-order valence-corrected chi connectivity index (χ2v) is 11.9. The van der Waals surface area contributed by atoms with Crippen LogP contribution in [0.1, 0.15) is 60.5 Å². The first kappa shape index (κ1) is 24.8. The molecule has 2 aliphatic rings. The first-order valence-electron chi connectivity index (χ1n) is 13.0. The molecule has 2 aromatic heterocycles. The molecule has 3 aromatic rings. The van der Waals surface area contributed by atoms with Gasteiger partial charge in [-0.25, -0.2) is 0 Å². The molecule has 2 unspecified atom stereocenters. The fourth-order valence-electron chi connectivity index (χ4n) is 5.43. The van der Waals surface area contributed by atoms with Gasteiger partial charge in [-0.15, -0.1) is 11.3 Å². The first-order chi connectivity index (χ1) is 17.3. The smallest absolute Gasteiger partial charge is 0.0989 e. The topological polar surface area (TPSA) is 59.6 Å². The van der Waals surface area contributed by atoms with Crippen molar-refractivity contribution < 1.29 is 0 Å². The van der Waals surface area contributed by atoms with Crippen molar-refractivity contribution in [2.24, 2.45) is 10.9 Å². The monoisotopic (exact) mass is 502 g/mol. The number of H-pyrrole nitrogens is 1. The van der Waals surface area contributed by atoms with E-state index in [0.717, 1.165) is 42.4 Å². The number of fused-ring (bicyclic) bond motifs is 2. The molecule has 36 heavy (non-hydrogen) atoms. The van der Waals surface area contributed by atoms with Gasteiger partial charge in [0.15, 0.2) is 0 Å². The second kappa shape index (κ2) is 10.2. The zero-order chi connectivity index (χ0) is 25.4. The maximum atomic E-state index is 4.63. The van der Waals surface area contributed by atoms with E-state index in [0.29, 0.717) is 6.04 Å². The summed E-state index contributed by atoms with van der Waals surface area (Å²) in [6, 6.07) is 9.46. The molecule has 5 rings (SSSR count). The van der Waals surface area contributed by atoms with E-state index in [9.17, 15) is 0 Å². The van der Waals surface area contributed by atoms with Crippen molar-refractivity contribution >= 4 is 34.1 Å². The van der Waals surface area contributed by atoms with E-state index in [1.165, 1.54) is 45.8 Å². The van der Waals surface area contributed by atoms with Crippen LogP contribution in [0.25, 0.3) is 10.9 Å². The van der Waals surface area contributed by atoms with E-state index in [1.54, 1.807) is 0 Å². The Kier molecular flexibility index (Phi) is 7.04. The molecular formula is C29H38N6S. The number of piperidine rings is 1. The van der Waals surface area contributed by atoms with Crippen LogP contribution in [0.3, 0.4) is 0 Å². The SMILES string of the molecule is C=C(C)N=CC(C)C(C)c1[nH]nc2cc3c(cc12)CN([C@@H]1CCCN(Cc2ccc(C)s2)C1)C(=C)N3. The fraction of sp³-hybridized carbons (Fsp3) is 0.448. The molecule has 190 valence electrons. The number of hydrogen-bond donors (Lipinski definition) is 2. The zero-order valence-corrected chi connectivity index (χ0v) is 22.8. The van der Waals surface area contributed by atoms with E-state index < -0.39 is 0 Å². The molecule has 1 fully saturated rings. The van der Waals surface area contributed by atoms with Crippen LogP contribution in [0.15, 0.2) is 53.9 Å². The number of aromatic nitrogens is 2. The molecule has 0 bridgehead atoms. The van der Waals surface area contributed by atoms with E-state index in [4.69, 9.17) is 0 Å². The van der Waals surface area contributed by atoms with Gasteiger partial charge in [-0.05, 0) is 69.0 Å². The lowest BCUT2D eigenvalue weighted by Gasteiger charge is -2.43. The van der Waals surface area contributed by atoms with Crippen molar-refractivity contribution in [3.63, 3.8) is 0 Å². The normalized spacial score (nSPS) is 20.5. The van der Waals surface area contributed by atoms with Gasteiger partial charge in [0.1, 0.15) is 0 Å². The van der Waals surface area contributed by atoms with Crippen molar-refractivity contribution in [1.29, 1.82) is 0 Å². The summed E-state index contributed by atoms with van der Waals surface area (Å²) in [4.78, 5) is 12.4. The van der Waals surface area contributed by atoms with Crippen LogP contribution in [-0.2, 0) is 13.1 Å². The molecule has 1 saturated heterocycles. The van der Waals surface area contributed by atoms with Gasteiger partial charge in [0, 0.05) is 70.0 Å². The van der Waals surface area contributed by atoms with E-state index in [2.05, 4.69) is 88.5 Å². The van der Waals surface area contributed by atoms with E-state index in [-0.39, 0.29) is 11.8 Å². The highest BCUT2D eigenvalue weighted by atomic mass is 32.1. The predicted octanol–water partition coefficient (Wildman–Crippen LogP) is 6.64. The summed E-state index contributed by atoms with van der Waals surface area (Å²) >= 11 is 1.91. The summed E-state index contributed by atoms with van der Waals surface area (Å²) in [6.07, 6.45) is 4.42. The quantitative estimate of drug-likeness (QED) is 0.356. The summed E-state index contributed by atoms with van der Waals surface area (Å²) in [7, 11) is 0. The van der Waals surface area contributed by atoms with Crippen LogP contribution in [0.4, 0.5) is 5.69 Å². The Bertz CT molecular complexity index is 1300. The minimum absolute atomic E-state index is 0.270. The molecule has 0 amide bonds. The number of likely N-dealkylation sites (tertiary alicyclic amines) is 1. The summed E-state index contributed by atoms with van der Waals surface area (Å²) in [6.45, 7) is 21.0. The molecule has 1 aromatic carbocycles. The van der Waals surface area contributed by atoms with Crippen LogP contribution < -0.4 is 5.32 Å². The Labute approximate surface area is 218 Å². The number of nitrogens with zero attached hydrogens (tertiary/aromatic N) is 4. The highest BCUT2D eigenvalue weighted by Gasteiger charge is 2.30. The minimum atomic E-state index is 0.270. The molecule has 6 nitrogen and oxygen atoms in total. The number of aliphatic imine (C=N–C) groups is 1. The molecule has 4 heterocycles. The Hall–Kier alpha value is -2.90. The predicted molar refractivity (Wildman–Crippen MR) is 153 cm³/mol. The third-order valence-electron chi connectivity index (χ3n) is 7.65. The molecule has 3 atom stereocenters. The van der Waals surface area contributed by atoms with Gasteiger partial charge in [-0.2, -0.15) is 5.10 Å². The summed E-state index contributed by atoms with van der Waals surface area (Å²) < 4.78 is 0. The maximum Gasteiger partial charge on any atom is 0.0989 e. The van der Waals surface area contributed by atoms with Gasteiger partial charge >= 0.3 is 0 Å². The number of thiophene rings is 1. The number of nitrogens with one attached hydrogen (secondary N) is 2. The Morgan fingerprint density at radius 2 is 2.17 bits per heavy atom. The zero-order valence-electron chi connectivity index (χ0n) is 22.0. The van der Waals surface area contributed by atoms with Gasteiger partial charge in [0.2, 0.25) is 0 Å². The van der Waals surface area contributed by atoms with E-state index >= 15 is 0 Å². The number of hydrogen-bond acceptors (Lipinski definition) is 6. The summed E-state index contributed by atoms with van der Waals surface area (Å²) in [5, 5.41) is 12.7. The molecule has 0 saturated carbocycles. The molecule has 7 heteroatoms. The largest absolute Gasteiger partial charge is 0.350 e. The molecule has 0 radical (unpaired) electrons. The van der Waals surface area contributed by atoms with Crippen molar-refractivity contribution in [2.75, 3.05) is 18.4 Å². The Balaban J connectivity index is 1.35. The van der Waals surface area contributed by atoms with Crippen molar-refractivity contribution in [3.05, 3.63) is 70.0 Å². The second-order valence-electron chi connectivity index (χ2n) is 10.6. The van der Waals surface area contributed by atoms with E-state index in [1.807, 2.05) is 24.5 Å². The summed E-state index contributed by atoms with van der Waals surface area (Å²) in [5.74, 6) is 1.54. The van der Waals surface area contributed by atoms with Crippen LogP contribution in [0.5, 0.6) is 0 Å². The highest BCUT2D eigenvalue weighted by molar-refractivity contribution is 7.11. The van der Waals surface area contributed by atoms with Gasteiger partial charge in [-0.1, -0.05) is 27.0 Å². The Morgan fingerprint density at radius 1 is 1.33 bits per heavy atom. The third-order valence-corrected chi connectivity index (χ3v) is 8.63. The Morgan fingerprint density at radius 3 is 2.92 bits per heavy atom. The average molecular weight is 503 g/mol. The van der Waals surface area contributed by atoms with Crippen molar-refractivity contribution in [1.82, 2.24) is 20.0 Å². The number of allylic oxidation sites excluding steroid dienone is 1. The van der Waals surface area contributed by atoms with Gasteiger partial charge < -0.3 is 10.2 Å². The number of aromatic amines is 1. The molecular weight excluding hydrogens is 464 g/mol. The molecule has 0 spiro atoms. The minimum Gasteiger partial charge on any atom is -0.350 e. The average Bonchev–Trinajstić information content (AvgIpc) is 3.45. The standard InChI is InChI=1S/C29H38N6S/c1-18(2)30-14-19(3)21(5)29-26-12-23-15-35(22(6)31-27(23)13-28(26)32-33-29)24-8-7-11-34(16-24)17-25-10-9-20(4)36-25/h9-10,12-14,19,21,24,31H,1,6-8,11,15-17H2,2-5H3,(H,32,33)/t19?,21?,24-/m1/s1. The number of aryl methyl sites for hydroxylation is 1. The lowest BCUT2D eigenvalue weighted by molar-refractivity contribution is 0.112. The molecule has 2 aliphatic heterocycles. The fourth-order valence-corrected chi connectivity index (χ4v) is 6.36. The lowest BCUT2D eigenvalue weighted by Crippen LogP contribution is -2.48. The van der Waals surface area contributed by atoms with Crippen LogP contribution in [-0.4, -0.2) is 45.3 Å². The highest BCUT2D eigenvalue weighted by Crippen LogP contribution is 2.36. The van der Waals surface area contributed by atoms with Crippen molar-refractivity contribution in [3.8, 4) is 0 Å². The van der Waals surface area contributed by atoms with Crippen LogP contribution in [0.2, 0.25) is 0 Å². The number of anilines is 1. The van der Waals surface area contributed by atoms with Crippen molar-refractivity contribution in [2.45, 2.75) is 65.6 Å². The van der Waals surface area contributed by atoms with Crippen LogP contribution in [0, 0.1) is 12.8 Å². The summed E-state index contributed by atoms with van der Waals surface area (Å²) in [5.41, 5.74) is 5.41. The lowest BCUT2D eigenvalue weighted by atomic mass is 9.91. The molecule has 2 N–H and O–H groups in total. The molecule has 0 aliphatic carbocycles. The number of rotatable bonds is 7. The maximum absolute atomic E-state index is 4.63. The first-order valence-corrected chi connectivity index (χ1v) is 13.8. The number of benzene rings is 1. The third kappa shape index (κ3) is 5.13. The van der Waals surface area contributed by atoms with Gasteiger partial charge in [0.25, 0.3) is 0 Å². The van der Waals surface area contributed by atoms with Crippen LogP contribution >= 0.6 is 11.3 Å². The van der Waals surface area contributed by atoms with Gasteiger partial charge in [-0.3, -0.25) is 15.0 Å².